The molecule has 0 fully saturated rings. The van der Waals surface area contributed by atoms with Gasteiger partial charge in [0, 0.05) is 0 Å². The molecule has 0 saturated heterocycles. The molecule has 0 rings (SSSR count). The number of carboxylic acid groups (broad SMARTS) is 2. The van der Waals surface area contributed by atoms with Gasteiger partial charge in [-0.3, -0.25) is 0 Å². The molecular weight excluding hydrogens is 175 g/mol. The van der Waals surface area contributed by atoms with Gasteiger partial charge in [0.1, 0.15) is 0 Å². The third kappa shape index (κ3) is 485. The summed E-state index contributed by atoms with van der Waals surface area (Å²) in [5, 5.41) is 13.9. The van der Waals surface area contributed by atoms with E-state index in [0.717, 1.165) is 0 Å². The summed E-state index contributed by atoms with van der Waals surface area (Å²) >= 11 is 0. The Balaban J connectivity index is -0.00000000450. The third-order valence-electron chi connectivity index (χ3n) is 0. The maximum absolute atomic E-state index is 8.56. The molecule has 0 amide bonds. The minimum atomic E-state index is -1.83. The van der Waals surface area contributed by atoms with Gasteiger partial charge < -0.3 is 26.6 Å². The molecule has 0 aliphatic heterocycles. The molecule has 0 spiro atoms. The SMILES string of the molecule is O.O.O.O=C(O)O.[AlH3].[CaH2]. The van der Waals surface area contributed by atoms with Crippen molar-refractivity contribution in [3.63, 3.8) is 0 Å². The van der Waals surface area contributed by atoms with Crippen LogP contribution in [0.5, 0.6) is 0 Å². The predicted octanol–water partition coefficient (Wildman–Crippen LogP) is -4.35. The van der Waals surface area contributed by atoms with Gasteiger partial charge in [-0.15, -0.1) is 0 Å². The van der Waals surface area contributed by atoms with Crippen molar-refractivity contribution in [1.82, 2.24) is 0 Å². The summed E-state index contributed by atoms with van der Waals surface area (Å²) in [6, 6.07) is 0. The van der Waals surface area contributed by atoms with Crippen molar-refractivity contribution in [2.75, 3.05) is 0 Å². The molecule has 8 heteroatoms. The first-order chi connectivity index (χ1) is 1.73. The average molecular weight is 188 g/mol. The Morgan fingerprint density at radius 1 is 1.00 bits per heavy atom. The first-order valence-corrected chi connectivity index (χ1v) is 0.651. The van der Waals surface area contributed by atoms with Crippen molar-refractivity contribution in [2.24, 2.45) is 0 Å². The van der Waals surface area contributed by atoms with Crippen molar-refractivity contribution < 1.29 is 31.4 Å². The Hall–Kier alpha value is 0.942. The zero-order valence-electron chi connectivity index (χ0n) is 3.30. The van der Waals surface area contributed by atoms with Crippen molar-refractivity contribution in [1.29, 1.82) is 0 Å². The Kier molecular flexibility index (Phi) is 206. The Labute approximate surface area is 91.9 Å². The Morgan fingerprint density at radius 3 is 1.00 bits per heavy atom. The molecule has 0 heterocycles. The van der Waals surface area contributed by atoms with Gasteiger partial charge in [0.2, 0.25) is 0 Å². The summed E-state index contributed by atoms with van der Waals surface area (Å²) in [4.78, 5) is 8.56. The van der Waals surface area contributed by atoms with Gasteiger partial charge in [0.15, 0.2) is 17.4 Å². The van der Waals surface area contributed by atoms with Crippen LogP contribution in [0.4, 0.5) is 4.79 Å². The van der Waals surface area contributed by atoms with E-state index in [2.05, 4.69) is 0 Å². The number of carbonyl (C=O) groups is 1. The predicted molar refractivity (Wildman–Crippen MR) is 40.0 cm³/mol. The van der Waals surface area contributed by atoms with E-state index in [4.69, 9.17) is 15.0 Å². The fourth-order valence-electron chi connectivity index (χ4n) is 0. The molecule has 0 saturated carbocycles. The van der Waals surface area contributed by atoms with Crippen molar-refractivity contribution in [2.45, 2.75) is 0 Å². The summed E-state index contributed by atoms with van der Waals surface area (Å²) in [6.07, 6.45) is -1.83. The van der Waals surface area contributed by atoms with Gasteiger partial charge in [-0.05, 0) is 0 Å². The van der Waals surface area contributed by atoms with Gasteiger partial charge in [-0.25, -0.2) is 4.79 Å². The molecule has 0 unspecified atom stereocenters. The maximum atomic E-state index is 8.56. The fraction of sp³-hybridized carbons (Fsp3) is 0. The van der Waals surface area contributed by atoms with E-state index in [-0.39, 0.29) is 71.5 Å². The second-order valence-corrected chi connectivity index (χ2v) is 0.283. The second-order valence-electron chi connectivity index (χ2n) is 0.283. The van der Waals surface area contributed by atoms with Crippen LogP contribution >= 0.6 is 0 Å². The van der Waals surface area contributed by atoms with E-state index in [9.17, 15) is 0 Å². The van der Waals surface area contributed by atoms with Crippen LogP contribution in [0.25, 0.3) is 0 Å². The molecule has 0 aromatic heterocycles. The molecule has 58 valence electrons. The Morgan fingerprint density at radius 2 is 1.00 bits per heavy atom. The Bertz CT molecular complexity index is 36.0. The van der Waals surface area contributed by atoms with Crippen LogP contribution in [0, 0.1) is 0 Å². The average Bonchev–Trinajstić information content (AvgIpc) is 0.811. The van der Waals surface area contributed by atoms with E-state index in [1.807, 2.05) is 0 Å². The molecule has 0 bridgehead atoms. The third-order valence-corrected chi connectivity index (χ3v) is 0. The summed E-state index contributed by atoms with van der Waals surface area (Å²) in [5.74, 6) is 0. The van der Waals surface area contributed by atoms with Gasteiger partial charge in [-0.2, -0.15) is 0 Å². The molecule has 0 aliphatic carbocycles. The molecular formula is CH13AlCaO6. The minimum absolute atomic E-state index is 0. The first-order valence-electron chi connectivity index (χ1n) is 0.651. The van der Waals surface area contributed by atoms with E-state index < -0.39 is 6.16 Å². The molecule has 0 aliphatic rings. The van der Waals surface area contributed by atoms with Crippen LogP contribution in [-0.4, -0.2) is 87.9 Å². The summed E-state index contributed by atoms with van der Waals surface area (Å²) in [7, 11) is 0. The van der Waals surface area contributed by atoms with Crippen LogP contribution in [0.3, 0.4) is 0 Å². The van der Waals surface area contributed by atoms with Gasteiger partial charge >= 0.3 is 43.9 Å². The second kappa shape index (κ2) is 36.3. The molecule has 0 atom stereocenters. The number of hydrogen-bond donors (Lipinski definition) is 2. The van der Waals surface area contributed by atoms with Gasteiger partial charge in [-0.1, -0.05) is 0 Å². The van der Waals surface area contributed by atoms with Crippen LogP contribution in [0.1, 0.15) is 0 Å². The van der Waals surface area contributed by atoms with Crippen LogP contribution in [-0.2, 0) is 0 Å². The number of rotatable bonds is 0. The normalized spacial score (nSPS) is 2.67. The zero-order chi connectivity index (χ0) is 3.58. The van der Waals surface area contributed by atoms with Gasteiger partial charge in [0.25, 0.3) is 0 Å². The van der Waals surface area contributed by atoms with E-state index in [0.29, 0.717) is 0 Å². The molecule has 0 aromatic carbocycles. The van der Waals surface area contributed by atoms with Crippen molar-refractivity contribution in [3.8, 4) is 0 Å². The molecule has 0 aromatic rings. The summed E-state index contributed by atoms with van der Waals surface area (Å²) in [6.45, 7) is 0. The molecule has 6 nitrogen and oxygen atoms in total. The van der Waals surface area contributed by atoms with E-state index in [1.165, 1.54) is 0 Å². The quantitative estimate of drug-likeness (QED) is 0.369. The summed E-state index contributed by atoms with van der Waals surface area (Å²) in [5.41, 5.74) is 0. The van der Waals surface area contributed by atoms with Crippen LogP contribution in [0.15, 0.2) is 0 Å². The van der Waals surface area contributed by atoms with Crippen LogP contribution in [0.2, 0.25) is 0 Å². The summed E-state index contributed by atoms with van der Waals surface area (Å²) < 4.78 is 0. The topological polar surface area (TPSA) is 152 Å². The number of hydrogen-bond acceptors (Lipinski definition) is 1. The van der Waals surface area contributed by atoms with Crippen molar-refractivity contribution >= 4 is 61.3 Å². The monoisotopic (exact) mass is 188 g/mol. The van der Waals surface area contributed by atoms with E-state index >= 15 is 0 Å². The molecule has 8 N–H and O–H groups in total. The zero-order valence-corrected chi connectivity index (χ0v) is 3.30. The van der Waals surface area contributed by atoms with Crippen LogP contribution < -0.4 is 0 Å². The van der Waals surface area contributed by atoms with Crippen molar-refractivity contribution in [3.05, 3.63) is 0 Å². The van der Waals surface area contributed by atoms with Gasteiger partial charge in [0.05, 0.1) is 0 Å². The van der Waals surface area contributed by atoms with E-state index in [1.54, 1.807) is 0 Å². The first kappa shape index (κ1) is 51.2. The molecule has 9 heavy (non-hydrogen) atoms. The standard InChI is InChI=1S/CH2O3.Al.Ca.3H2O.5H/c2-1(3)4;;;;;;;;;;/h(H2,2,3,4);;;3*1H2;;;;;. The molecule has 0 radical (unpaired) electrons. The fourth-order valence-corrected chi connectivity index (χ4v) is 0.